The first kappa shape index (κ1) is 22.8. The highest BCUT2D eigenvalue weighted by atomic mass is 16.5. The SMILES string of the molecule is CC(CNC(=O)CC(NC(=O)OCC1c2ccccc2-c2ccccc21)C1CC1)CC(=O)O. The summed E-state index contributed by atoms with van der Waals surface area (Å²) in [4.78, 5) is 35.7. The number of hydrogen-bond donors (Lipinski definition) is 3. The summed E-state index contributed by atoms with van der Waals surface area (Å²) in [6, 6.07) is 16.1. The molecule has 2 amide bonds. The third-order valence-corrected chi connectivity index (χ3v) is 6.41. The van der Waals surface area contributed by atoms with Crippen LogP contribution in [0.5, 0.6) is 0 Å². The molecule has 1 saturated carbocycles. The number of ether oxygens (including phenoxy) is 1. The summed E-state index contributed by atoms with van der Waals surface area (Å²) in [6.07, 6.45) is 1.59. The summed E-state index contributed by atoms with van der Waals surface area (Å²) in [5, 5.41) is 14.5. The fourth-order valence-electron chi connectivity index (χ4n) is 4.56. The molecule has 33 heavy (non-hydrogen) atoms. The molecular formula is C26H30N2O5. The van der Waals surface area contributed by atoms with Crippen LogP contribution in [0.2, 0.25) is 0 Å². The molecule has 7 nitrogen and oxygen atoms in total. The van der Waals surface area contributed by atoms with E-state index in [1.807, 2.05) is 24.3 Å². The third kappa shape index (κ3) is 5.72. The van der Waals surface area contributed by atoms with E-state index >= 15 is 0 Å². The predicted octanol–water partition coefficient (Wildman–Crippen LogP) is 3.92. The molecule has 0 aliphatic heterocycles. The monoisotopic (exact) mass is 450 g/mol. The van der Waals surface area contributed by atoms with Crippen LogP contribution < -0.4 is 10.6 Å². The van der Waals surface area contributed by atoms with Gasteiger partial charge in [0.2, 0.25) is 5.91 Å². The molecule has 7 heteroatoms. The third-order valence-electron chi connectivity index (χ3n) is 6.41. The second-order valence-corrected chi connectivity index (χ2v) is 9.13. The average molecular weight is 451 g/mol. The molecule has 1 fully saturated rings. The lowest BCUT2D eigenvalue weighted by molar-refractivity contribution is -0.138. The van der Waals surface area contributed by atoms with Crippen LogP contribution in [0.15, 0.2) is 48.5 Å². The number of alkyl carbamates (subject to hydrolysis) is 1. The number of fused-ring (bicyclic) bond motifs is 3. The summed E-state index contributed by atoms with van der Waals surface area (Å²) in [7, 11) is 0. The Bertz CT molecular complexity index is 987. The molecule has 3 N–H and O–H groups in total. The highest BCUT2D eigenvalue weighted by molar-refractivity contribution is 5.79. The van der Waals surface area contributed by atoms with E-state index in [1.54, 1.807) is 6.92 Å². The molecule has 174 valence electrons. The Morgan fingerprint density at radius 3 is 2.18 bits per heavy atom. The van der Waals surface area contributed by atoms with Gasteiger partial charge in [-0.15, -0.1) is 0 Å². The summed E-state index contributed by atoms with van der Waals surface area (Å²) >= 11 is 0. The smallest absolute Gasteiger partial charge is 0.407 e. The highest BCUT2D eigenvalue weighted by Crippen LogP contribution is 2.44. The fourth-order valence-corrected chi connectivity index (χ4v) is 4.56. The van der Waals surface area contributed by atoms with E-state index in [0.29, 0.717) is 6.54 Å². The van der Waals surface area contributed by atoms with Crippen molar-refractivity contribution in [3.63, 3.8) is 0 Å². The van der Waals surface area contributed by atoms with Crippen molar-refractivity contribution in [1.82, 2.24) is 10.6 Å². The highest BCUT2D eigenvalue weighted by Gasteiger charge is 2.35. The first-order valence-electron chi connectivity index (χ1n) is 11.5. The molecule has 2 aliphatic rings. The predicted molar refractivity (Wildman–Crippen MR) is 124 cm³/mol. The molecule has 4 rings (SSSR count). The molecule has 2 aliphatic carbocycles. The summed E-state index contributed by atoms with van der Waals surface area (Å²) in [6.45, 7) is 2.31. The van der Waals surface area contributed by atoms with Gasteiger partial charge in [0, 0.05) is 31.3 Å². The van der Waals surface area contributed by atoms with E-state index in [2.05, 4.69) is 34.9 Å². The van der Waals surface area contributed by atoms with Gasteiger partial charge in [0.1, 0.15) is 6.61 Å². The summed E-state index contributed by atoms with van der Waals surface area (Å²) < 4.78 is 5.62. The van der Waals surface area contributed by atoms with E-state index in [-0.39, 0.29) is 49.2 Å². The number of carboxylic acids is 1. The standard InChI is InChI=1S/C26H30N2O5/c1-16(12-25(30)31)14-27-24(29)13-23(17-10-11-17)28-26(32)33-15-22-20-8-4-2-6-18(20)19-7-3-5-9-21(19)22/h2-9,16-17,22-23H,10-15H2,1H3,(H,27,29)(H,28,32)(H,30,31). The number of benzene rings is 2. The molecule has 0 radical (unpaired) electrons. The molecule has 0 spiro atoms. The first-order chi connectivity index (χ1) is 15.9. The van der Waals surface area contributed by atoms with Crippen molar-refractivity contribution in [2.45, 2.75) is 44.6 Å². The number of rotatable bonds is 10. The zero-order chi connectivity index (χ0) is 23.4. The van der Waals surface area contributed by atoms with Crippen molar-refractivity contribution in [1.29, 1.82) is 0 Å². The maximum Gasteiger partial charge on any atom is 0.407 e. The Morgan fingerprint density at radius 2 is 1.61 bits per heavy atom. The molecule has 2 atom stereocenters. The van der Waals surface area contributed by atoms with Gasteiger partial charge in [0.25, 0.3) is 0 Å². The van der Waals surface area contributed by atoms with Crippen molar-refractivity contribution >= 4 is 18.0 Å². The van der Waals surface area contributed by atoms with Crippen molar-refractivity contribution in [2.75, 3.05) is 13.2 Å². The lowest BCUT2D eigenvalue weighted by Crippen LogP contribution is -2.41. The van der Waals surface area contributed by atoms with Gasteiger partial charge >= 0.3 is 12.1 Å². The maximum atomic E-state index is 12.6. The number of carbonyl (C=O) groups is 3. The molecular weight excluding hydrogens is 420 g/mol. The number of amides is 2. The van der Waals surface area contributed by atoms with Crippen LogP contribution >= 0.6 is 0 Å². The Morgan fingerprint density at radius 1 is 1.00 bits per heavy atom. The largest absolute Gasteiger partial charge is 0.481 e. The van der Waals surface area contributed by atoms with Crippen LogP contribution in [-0.4, -0.2) is 42.3 Å². The topological polar surface area (TPSA) is 105 Å². The quantitative estimate of drug-likeness (QED) is 0.509. The van der Waals surface area contributed by atoms with E-state index in [9.17, 15) is 14.4 Å². The van der Waals surface area contributed by atoms with Gasteiger partial charge in [-0.05, 0) is 46.9 Å². The molecule has 0 saturated heterocycles. The Balaban J connectivity index is 1.30. The van der Waals surface area contributed by atoms with E-state index < -0.39 is 12.1 Å². The fraction of sp³-hybridized carbons (Fsp3) is 0.423. The summed E-state index contributed by atoms with van der Waals surface area (Å²) in [5.74, 6) is -0.970. The summed E-state index contributed by atoms with van der Waals surface area (Å²) in [5.41, 5.74) is 4.65. The second-order valence-electron chi connectivity index (χ2n) is 9.13. The van der Waals surface area contributed by atoms with Gasteiger partial charge in [-0.2, -0.15) is 0 Å². The van der Waals surface area contributed by atoms with Crippen molar-refractivity contribution in [2.24, 2.45) is 11.8 Å². The zero-order valence-corrected chi connectivity index (χ0v) is 18.8. The van der Waals surface area contributed by atoms with Gasteiger partial charge < -0.3 is 20.5 Å². The first-order valence-corrected chi connectivity index (χ1v) is 11.5. The Labute approximate surface area is 193 Å². The number of carbonyl (C=O) groups excluding carboxylic acids is 2. The molecule has 0 bridgehead atoms. The average Bonchev–Trinajstić information content (AvgIpc) is 3.59. The molecule has 2 aromatic rings. The minimum atomic E-state index is -0.885. The zero-order valence-electron chi connectivity index (χ0n) is 18.8. The van der Waals surface area contributed by atoms with Crippen LogP contribution in [0.25, 0.3) is 11.1 Å². The van der Waals surface area contributed by atoms with Crippen molar-refractivity contribution in [3.05, 3.63) is 59.7 Å². The van der Waals surface area contributed by atoms with Gasteiger partial charge in [-0.25, -0.2) is 4.79 Å². The number of nitrogens with one attached hydrogen (secondary N) is 2. The van der Waals surface area contributed by atoms with Crippen LogP contribution in [0.1, 0.15) is 49.7 Å². The van der Waals surface area contributed by atoms with E-state index in [4.69, 9.17) is 9.84 Å². The van der Waals surface area contributed by atoms with Crippen molar-refractivity contribution in [3.8, 4) is 11.1 Å². The lowest BCUT2D eigenvalue weighted by Gasteiger charge is -2.20. The maximum absolute atomic E-state index is 12.6. The van der Waals surface area contributed by atoms with Crippen LogP contribution in [0, 0.1) is 11.8 Å². The van der Waals surface area contributed by atoms with Crippen LogP contribution in [0.4, 0.5) is 4.79 Å². The Hall–Kier alpha value is -3.35. The number of aliphatic carboxylic acids is 1. The van der Waals surface area contributed by atoms with Gasteiger partial charge in [-0.3, -0.25) is 9.59 Å². The van der Waals surface area contributed by atoms with Crippen LogP contribution in [0.3, 0.4) is 0 Å². The minimum absolute atomic E-state index is 0.00430. The molecule has 0 heterocycles. The molecule has 0 aromatic heterocycles. The van der Waals surface area contributed by atoms with Crippen LogP contribution in [-0.2, 0) is 14.3 Å². The molecule has 2 aromatic carbocycles. The normalized spacial score (nSPS) is 16.3. The Kier molecular flexibility index (Phi) is 6.96. The number of carboxylic acid groups (broad SMARTS) is 1. The lowest BCUT2D eigenvalue weighted by atomic mass is 9.98. The van der Waals surface area contributed by atoms with E-state index in [1.165, 1.54) is 11.1 Å². The van der Waals surface area contributed by atoms with E-state index in [0.717, 1.165) is 24.0 Å². The van der Waals surface area contributed by atoms with Gasteiger partial charge in [0.05, 0.1) is 0 Å². The molecule has 2 unspecified atom stereocenters. The number of hydrogen-bond acceptors (Lipinski definition) is 4. The van der Waals surface area contributed by atoms with Crippen molar-refractivity contribution < 1.29 is 24.2 Å². The van der Waals surface area contributed by atoms with Gasteiger partial charge in [0.15, 0.2) is 0 Å². The van der Waals surface area contributed by atoms with Gasteiger partial charge in [-0.1, -0.05) is 55.5 Å². The second kappa shape index (κ2) is 10.1. The minimum Gasteiger partial charge on any atom is -0.481 e.